The van der Waals surface area contributed by atoms with Crippen LogP contribution in [0.3, 0.4) is 0 Å². The second kappa shape index (κ2) is 4.62. The predicted molar refractivity (Wildman–Crippen MR) is 71.7 cm³/mol. The summed E-state index contributed by atoms with van der Waals surface area (Å²) in [5.74, 6) is 0. The number of anilines is 1. The second-order valence-electron chi connectivity index (χ2n) is 4.75. The van der Waals surface area contributed by atoms with Crippen LogP contribution in [-0.2, 0) is 5.41 Å². The third-order valence-corrected chi connectivity index (χ3v) is 3.92. The van der Waals surface area contributed by atoms with E-state index in [1.165, 1.54) is 4.90 Å². The molecule has 0 saturated heterocycles. The van der Waals surface area contributed by atoms with Crippen molar-refractivity contribution in [1.82, 2.24) is 0 Å². The Morgan fingerprint density at radius 3 is 3.00 bits per heavy atom. The molecule has 1 aliphatic rings. The van der Waals surface area contributed by atoms with E-state index in [-0.39, 0.29) is 5.41 Å². The Hall–Kier alpha value is -1.54. The molecule has 1 aromatic rings. The highest BCUT2D eigenvalue weighted by atomic mass is 79.9. The lowest BCUT2D eigenvalue weighted by atomic mass is 9.80. The van der Waals surface area contributed by atoms with Gasteiger partial charge in [-0.05, 0) is 24.1 Å². The van der Waals surface area contributed by atoms with Crippen LogP contribution in [0.4, 0.5) is 10.5 Å². The smallest absolute Gasteiger partial charge is 0.411 e. The van der Waals surface area contributed by atoms with Crippen molar-refractivity contribution >= 4 is 27.7 Å². The molecule has 2 rings (SSSR count). The standard InChI is InChI=1S/C13H13BrN2O2/c1-13(5-2-6-15)8-16(12(17)18)11-7-9(14)3-4-10(11)13/h3-4,7H,2,5,8H2,1H3,(H,17,18). The fourth-order valence-electron chi connectivity index (χ4n) is 2.47. The molecule has 1 unspecified atom stereocenters. The van der Waals surface area contributed by atoms with Gasteiger partial charge in [0.25, 0.3) is 0 Å². The van der Waals surface area contributed by atoms with Crippen molar-refractivity contribution in [3.63, 3.8) is 0 Å². The molecule has 4 nitrogen and oxygen atoms in total. The van der Waals surface area contributed by atoms with Crippen LogP contribution in [0.2, 0.25) is 0 Å². The molecule has 1 atom stereocenters. The van der Waals surface area contributed by atoms with Crippen LogP contribution in [0.1, 0.15) is 25.3 Å². The predicted octanol–water partition coefficient (Wildman–Crippen LogP) is 3.51. The van der Waals surface area contributed by atoms with Crippen molar-refractivity contribution in [3.8, 4) is 6.07 Å². The van der Waals surface area contributed by atoms with Gasteiger partial charge >= 0.3 is 6.09 Å². The zero-order valence-electron chi connectivity index (χ0n) is 9.98. The monoisotopic (exact) mass is 308 g/mol. The van der Waals surface area contributed by atoms with E-state index in [4.69, 9.17) is 5.26 Å². The van der Waals surface area contributed by atoms with Gasteiger partial charge in [-0.3, -0.25) is 4.90 Å². The highest BCUT2D eigenvalue weighted by Crippen LogP contribution is 2.44. The summed E-state index contributed by atoms with van der Waals surface area (Å²) < 4.78 is 0.858. The molecular formula is C13H13BrN2O2. The number of amides is 1. The minimum absolute atomic E-state index is 0.274. The summed E-state index contributed by atoms with van der Waals surface area (Å²) in [6, 6.07) is 7.81. The first-order valence-corrected chi connectivity index (χ1v) is 6.45. The number of rotatable bonds is 2. The maximum absolute atomic E-state index is 11.3. The lowest BCUT2D eigenvalue weighted by Gasteiger charge is -2.23. The van der Waals surface area contributed by atoms with Gasteiger partial charge in [-0.25, -0.2) is 4.79 Å². The molecule has 0 bridgehead atoms. The molecule has 1 amide bonds. The van der Waals surface area contributed by atoms with Crippen molar-refractivity contribution in [2.24, 2.45) is 0 Å². The van der Waals surface area contributed by atoms with Gasteiger partial charge in [0.15, 0.2) is 0 Å². The van der Waals surface area contributed by atoms with Crippen LogP contribution in [0.25, 0.3) is 0 Å². The summed E-state index contributed by atoms with van der Waals surface area (Å²) in [5.41, 5.74) is 1.45. The zero-order valence-corrected chi connectivity index (χ0v) is 11.6. The van der Waals surface area contributed by atoms with Crippen LogP contribution in [-0.4, -0.2) is 17.7 Å². The van der Waals surface area contributed by atoms with Gasteiger partial charge in [-0.15, -0.1) is 0 Å². The third kappa shape index (κ3) is 2.08. The van der Waals surface area contributed by atoms with Gasteiger partial charge < -0.3 is 5.11 Å². The number of halogens is 1. The highest BCUT2D eigenvalue weighted by Gasteiger charge is 2.41. The molecule has 18 heavy (non-hydrogen) atoms. The maximum Gasteiger partial charge on any atom is 0.411 e. The quantitative estimate of drug-likeness (QED) is 0.909. The van der Waals surface area contributed by atoms with Gasteiger partial charge in [0.05, 0.1) is 11.8 Å². The largest absolute Gasteiger partial charge is 0.465 e. The van der Waals surface area contributed by atoms with Crippen LogP contribution in [0.15, 0.2) is 22.7 Å². The van der Waals surface area contributed by atoms with E-state index in [1.54, 1.807) is 0 Å². The number of benzene rings is 1. The normalized spacial score (nSPS) is 21.5. The Balaban J connectivity index is 2.46. The van der Waals surface area contributed by atoms with Crippen LogP contribution in [0.5, 0.6) is 0 Å². The molecular weight excluding hydrogens is 296 g/mol. The first kappa shape index (κ1) is 12.9. The topological polar surface area (TPSA) is 64.3 Å². The molecule has 0 aliphatic carbocycles. The minimum atomic E-state index is -0.949. The molecule has 1 aliphatic heterocycles. The molecule has 0 saturated carbocycles. The number of fused-ring (bicyclic) bond motifs is 1. The Kier molecular flexibility index (Phi) is 3.31. The van der Waals surface area contributed by atoms with Crippen molar-refractivity contribution in [2.75, 3.05) is 11.4 Å². The van der Waals surface area contributed by atoms with Crippen molar-refractivity contribution < 1.29 is 9.90 Å². The van der Waals surface area contributed by atoms with E-state index in [2.05, 4.69) is 22.0 Å². The van der Waals surface area contributed by atoms with Gasteiger partial charge in [-0.1, -0.05) is 28.9 Å². The summed E-state index contributed by atoms with van der Waals surface area (Å²) >= 11 is 3.36. The first-order chi connectivity index (χ1) is 8.48. The van der Waals surface area contributed by atoms with Crippen LogP contribution < -0.4 is 4.90 Å². The van der Waals surface area contributed by atoms with Gasteiger partial charge in [0.2, 0.25) is 0 Å². The van der Waals surface area contributed by atoms with Crippen molar-refractivity contribution in [1.29, 1.82) is 5.26 Å². The Morgan fingerprint density at radius 2 is 2.39 bits per heavy atom. The Bertz CT molecular complexity index is 538. The lowest BCUT2D eigenvalue weighted by molar-refractivity contribution is 0.201. The fraction of sp³-hybridized carbons (Fsp3) is 0.385. The average Bonchev–Trinajstić information content (AvgIpc) is 2.61. The van der Waals surface area contributed by atoms with E-state index in [1.807, 2.05) is 25.1 Å². The molecule has 0 aromatic heterocycles. The van der Waals surface area contributed by atoms with Gasteiger partial charge in [0, 0.05) is 22.9 Å². The highest BCUT2D eigenvalue weighted by molar-refractivity contribution is 9.10. The molecule has 0 fully saturated rings. The summed E-state index contributed by atoms with van der Waals surface area (Å²) in [6.45, 7) is 2.43. The Labute approximate surface area is 114 Å². The molecule has 0 radical (unpaired) electrons. The first-order valence-electron chi connectivity index (χ1n) is 5.65. The number of carboxylic acid groups (broad SMARTS) is 1. The lowest BCUT2D eigenvalue weighted by Crippen LogP contribution is -2.34. The third-order valence-electron chi connectivity index (χ3n) is 3.43. The van der Waals surface area contributed by atoms with E-state index in [0.717, 1.165) is 15.7 Å². The van der Waals surface area contributed by atoms with Gasteiger partial charge in [0.1, 0.15) is 0 Å². The molecule has 0 spiro atoms. The minimum Gasteiger partial charge on any atom is -0.465 e. The number of nitriles is 1. The number of hydrogen-bond donors (Lipinski definition) is 1. The number of carbonyl (C=O) groups is 1. The SMILES string of the molecule is CC1(CCC#N)CN(C(=O)O)c2cc(Br)ccc21. The average molecular weight is 309 g/mol. The van der Waals surface area contributed by atoms with Crippen molar-refractivity contribution in [2.45, 2.75) is 25.2 Å². The summed E-state index contributed by atoms with van der Waals surface area (Å²) in [4.78, 5) is 12.6. The molecule has 1 N–H and O–H groups in total. The molecule has 1 aromatic carbocycles. The van der Waals surface area contributed by atoms with Crippen LogP contribution >= 0.6 is 15.9 Å². The van der Waals surface area contributed by atoms with E-state index < -0.39 is 6.09 Å². The summed E-state index contributed by atoms with van der Waals surface area (Å²) in [6.07, 6.45) is 0.150. The van der Waals surface area contributed by atoms with E-state index >= 15 is 0 Å². The molecule has 5 heteroatoms. The van der Waals surface area contributed by atoms with Gasteiger partial charge in [-0.2, -0.15) is 5.26 Å². The zero-order chi connectivity index (χ0) is 13.3. The summed E-state index contributed by atoms with van der Waals surface area (Å²) in [5, 5.41) is 18.0. The second-order valence-corrected chi connectivity index (χ2v) is 5.66. The number of nitrogens with zero attached hydrogens (tertiary/aromatic N) is 2. The number of hydrogen-bond acceptors (Lipinski definition) is 2. The van der Waals surface area contributed by atoms with E-state index in [0.29, 0.717) is 19.4 Å². The van der Waals surface area contributed by atoms with E-state index in [9.17, 15) is 9.90 Å². The van der Waals surface area contributed by atoms with Crippen molar-refractivity contribution in [3.05, 3.63) is 28.2 Å². The molecule has 1 heterocycles. The maximum atomic E-state index is 11.3. The van der Waals surface area contributed by atoms with Crippen LogP contribution in [0, 0.1) is 11.3 Å². The fourth-order valence-corrected chi connectivity index (χ4v) is 2.82. The summed E-state index contributed by atoms with van der Waals surface area (Å²) in [7, 11) is 0. The molecule has 94 valence electrons. The Morgan fingerprint density at radius 1 is 1.67 bits per heavy atom.